The lowest BCUT2D eigenvalue weighted by atomic mass is 9.99. The number of nitrogens with zero attached hydrogens (tertiary/aromatic N) is 4. The number of carbonyl (C=O) groups is 1. The van der Waals surface area contributed by atoms with Crippen molar-refractivity contribution in [3.63, 3.8) is 0 Å². The summed E-state index contributed by atoms with van der Waals surface area (Å²) in [7, 11) is 0. The highest BCUT2D eigenvalue weighted by molar-refractivity contribution is 5.68. The van der Waals surface area contributed by atoms with Crippen molar-refractivity contribution in [1.29, 1.82) is 0 Å². The minimum absolute atomic E-state index is 0.0420. The van der Waals surface area contributed by atoms with Gasteiger partial charge in [-0.05, 0) is 27.7 Å². The molecule has 0 radical (unpaired) electrons. The summed E-state index contributed by atoms with van der Waals surface area (Å²) in [5, 5.41) is 17.7. The van der Waals surface area contributed by atoms with E-state index in [0.717, 1.165) is 11.4 Å². The molecule has 0 saturated carbocycles. The van der Waals surface area contributed by atoms with Crippen LogP contribution in [0.25, 0.3) is 0 Å². The summed E-state index contributed by atoms with van der Waals surface area (Å²) in [5.74, 6) is -0.166. The summed E-state index contributed by atoms with van der Waals surface area (Å²) in [5.41, 5.74) is 1.13. The van der Waals surface area contributed by atoms with E-state index >= 15 is 0 Å². The molecule has 1 aromatic heterocycles. The van der Waals surface area contributed by atoms with Crippen LogP contribution in [0.3, 0.4) is 0 Å². The van der Waals surface area contributed by atoms with Crippen LogP contribution in [0.1, 0.15) is 45.0 Å². The van der Waals surface area contributed by atoms with Crippen molar-refractivity contribution >= 4 is 6.09 Å². The van der Waals surface area contributed by atoms with Gasteiger partial charge in [-0.1, -0.05) is 5.21 Å². The number of hydrogen-bond donors (Lipinski definition) is 1. The van der Waals surface area contributed by atoms with Gasteiger partial charge in [-0.3, -0.25) is 0 Å². The Morgan fingerprint density at radius 3 is 2.75 bits per heavy atom. The van der Waals surface area contributed by atoms with Crippen LogP contribution < -0.4 is 0 Å². The van der Waals surface area contributed by atoms with Crippen LogP contribution in [0, 0.1) is 0 Å². The maximum absolute atomic E-state index is 12.1. The van der Waals surface area contributed by atoms with Crippen LogP contribution in [0.15, 0.2) is 0 Å². The molecule has 0 spiro atoms. The van der Waals surface area contributed by atoms with Crippen LogP contribution in [0.5, 0.6) is 0 Å². The van der Waals surface area contributed by atoms with Crippen LogP contribution in [0.4, 0.5) is 4.79 Å². The number of fused-ring (bicyclic) bond motifs is 1. The smallest absolute Gasteiger partial charge is 0.410 e. The maximum Gasteiger partial charge on any atom is 0.410 e. The first kappa shape index (κ1) is 14.8. The molecule has 2 rings (SSSR count). The number of aliphatic hydroxyl groups is 1. The van der Waals surface area contributed by atoms with Gasteiger partial charge in [-0.2, -0.15) is 0 Å². The molecular formula is C13H22N4O3. The van der Waals surface area contributed by atoms with Gasteiger partial charge in [-0.15, -0.1) is 5.10 Å². The number of carbonyl (C=O) groups excluding carboxylic acids is 1. The zero-order valence-corrected chi connectivity index (χ0v) is 12.5. The summed E-state index contributed by atoms with van der Waals surface area (Å²) in [4.78, 5) is 13.7. The van der Waals surface area contributed by atoms with E-state index in [1.165, 1.54) is 0 Å². The van der Waals surface area contributed by atoms with Gasteiger partial charge >= 0.3 is 6.09 Å². The van der Waals surface area contributed by atoms with Crippen LogP contribution in [0.2, 0.25) is 0 Å². The average molecular weight is 282 g/mol. The Morgan fingerprint density at radius 2 is 2.20 bits per heavy atom. The molecule has 0 aromatic carbocycles. The number of amides is 1. The van der Waals surface area contributed by atoms with E-state index in [1.807, 2.05) is 27.7 Å². The van der Waals surface area contributed by atoms with E-state index in [-0.39, 0.29) is 18.6 Å². The van der Waals surface area contributed by atoms with Crippen molar-refractivity contribution in [1.82, 2.24) is 19.9 Å². The first-order valence-electron chi connectivity index (χ1n) is 6.86. The minimum atomic E-state index is -0.535. The Balaban J connectivity index is 2.20. The van der Waals surface area contributed by atoms with Gasteiger partial charge in [-0.25, -0.2) is 9.48 Å². The summed E-state index contributed by atoms with van der Waals surface area (Å²) in [6.07, 6.45) is -0.382. The Kier molecular flexibility index (Phi) is 3.99. The van der Waals surface area contributed by atoms with E-state index < -0.39 is 5.60 Å². The lowest BCUT2D eigenvalue weighted by Crippen LogP contribution is -2.42. The van der Waals surface area contributed by atoms with Crippen LogP contribution >= 0.6 is 0 Å². The van der Waals surface area contributed by atoms with E-state index in [4.69, 9.17) is 4.74 Å². The van der Waals surface area contributed by atoms with Gasteiger partial charge in [0, 0.05) is 19.0 Å². The quantitative estimate of drug-likeness (QED) is 0.879. The fourth-order valence-corrected chi connectivity index (χ4v) is 2.36. The third-order valence-electron chi connectivity index (χ3n) is 3.19. The monoisotopic (exact) mass is 282 g/mol. The lowest BCUT2D eigenvalue weighted by molar-refractivity contribution is 0.0184. The van der Waals surface area contributed by atoms with Crippen molar-refractivity contribution in [2.75, 3.05) is 13.2 Å². The molecule has 0 saturated heterocycles. The molecule has 1 aliphatic rings. The number of ether oxygens (including phenoxy) is 1. The number of aryl methyl sites for hydroxylation is 1. The van der Waals surface area contributed by atoms with Crippen molar-refractivity contribution < 1.29 is 14.6 Å². The molecule has 1 aromatic rings. The third kappa shape index (κ3) is 2.92. The first-order chi connectivity index (χ1) is 9.35. The predicted molar refractivity (Wildman–Crippen MR) is 72.2 cm³/mol. The highest BCUT2D eigenvalue weighted by atomic mass is 16.6. The highest BCUT2D eigenvalue weighted by Gasteiger charge is 2.34. The van der Waals surface area contributed by atoms with Gasteiger partial charge in [0.1, 0.15) is 11.3 Å². The lowest BCUT2D eigenvalue weighted by Gasteiger charge is -2.33. The second-order valence-corrected chi connectivity index (χ2v) is 5.98. The Morgan fingerprint density at radius 1 is 1.50 bits per heavy atom. The molecule has 1 unspecified atom stereocenters. The molecule has 2 heterocycles. The average Bonchev–Trinajstić information content (AvgIpc) is 2.78. The molecular weight excluding hydrogens is 260 g/mol. The number of hydrogen-bond acceptors (Lipinski definition) is 5. The summed E-state index contributed by atoms with van der Waals surface area (Å²) >= 11 is 0. The second-order valence-electron chi connectivity index (χ2n) is 5.98. The first-order valence-corrected chi connectivity index (χ1v) is 6.86. The highest BCUT2D eigenvalue weighted by Crippen LogP contribution is 2.27. The standard InChI is InChI=1S/C13H22N4O3/c1-5-17-11-9(8-18)6-16(7-10(11)14-15-17)12(19)20-13(2,3)4/h9,18H,5-8H2,1-4H3. The van der Waals surface area contributed by atoms with E-state index in [9.17, 15) is 9.90 Å². The zero-order valence-electron chi connectivity index (χ0n) is 12.5. The zero-order chi connectivity index (χ0) is 14.9. The molecule has 1 N–H and O–H groups in total. The van der Waals surface area contributed by atoms with Crippen LogP contribution in [-0.4, -0.2) is 49.8 Å². The van der Waals surface area contributed by atoms with E-state index in [1.54, 1.807) is 9.58 Å². The largest absolute Gasteiger partial charge is 0.444 e. The Bertz CT molecular complexity index is 492. The number of aromatic nitrogens is 3. The third-order valence-corrected chi connectivity index (χ3v) is 3.19. The molecule has 0 fully saturated rings. The van der Waals surface area contributed by atoms with Gasteiger partial charge in [0.2, 0.25) is 0 Å². The van der Waals surface area contributed by atoms with Gasteiger partial charge in [0.15, 0.2) is 0 Å². The van der Waals surface area contributed by atoms with Crippen LogP contribution in [-0.2, 0) is 17.8 Å². The normalized spacial score (nSPS) is 18.9. The second kappa shape index (κ2) is 5.40. The van der Waals surface area contributed by atoms with Gasteiger partial charge < -0.3 is 14.7 Å². The van der Waals surface area contributed by atoms with E-state index in [2.05, 4.69) is 10.3 Å². The van der Waals surface area contributed by atoms with Crippen molar-refractivity contribution in [2.45, 2.75) is 52.3 Å². The molecule has 112 valence electrons. The molecule has 0 bridgehead atoms. The number of rotatable bonds is 2. The fraction of sp³-hybridized carbons (Fsp3) is 0.769. The number of aliphatic hydroxyl groups excluding tert-OH is 1. The van der Waals surface area contributed by atoms with Crippen molar-refractivity contribution in [2.24, 2.45) is 0 Å². The molecule has 1 atom stereocenters. The van der Waals surface area contributed by atoms with E-state index in [0.29, 0.717) is 19.6 Å². The van der Waals surface area contributed by atoms with Gasteiger partial charge in [0.25, 0.3) is 0 Å². The topological polar surface area (TPSA) is 80.5 Å². The summed E-state index contributed by atoms with van der Waals surface area (Å²) in [6.45, 7) is 8.92. The Labute approximate surface area is 118 Å². The molecule has 20 heavy (non-hydrogen) atoms. The molecule has 7 nitrogen and oxygen atoms in total. The Hall–Kier alpha value is -1.63. The molecule has 1 aliphatic heterocycles. The summed E-state index contributed by atoms with van der Waals surface area (Å²) < 4.78 is 7.15. The summed E-state index contributed by atoms with van der Waals surface area (Å²) in [6, 6.07) is 0. The van der Waals surface area contributed by atoms with Crippen molar-refractivity contribution in [3.05, 3.63) is 11.4 Å². The van der Waals surface area contributed by atoms with Gasteiger partial charge in [0.05, 0.1) is 18.8 Å². The molecule has 0 aliphatic carbocycles. The fourth-order valence-electron chi connectivity index (χ4n) is 2.36. The SMILES string of the molecule is CCn1nnc2c1C(CO)CN(C(=O)OC(C)(C)C)C2. The maximum atomic E-state index is 12.1. The van der Waals surface area contributed by atoms with Crippen molar-refractivity contribution in [3.8, 4) is 0 Å². The minimum Gasteiger partial charge on any atom is -0.444 e. The predicted octanol–water partition coefficient (Wildman–Crippen LogP) is 1.12. The molecule has 7 heteroatoms. The molecule has 1 amide bonds.